The number of rotatable bonds is 5. The molecule has 1 aromatic carbocycles. The average molecular weight is 452 g/mol. The minimum atomic E-state index is -0.734. The molecule has 11 nitrogen and oxygen atoms in total. The number of amides is 3. The van der Waals surface area contributed by atoms with Crippen LogP contribution in [0.15, 0.2) is 29.1 Å². The maximum absolute atomic E-state index is 12.8. The van der Waals surface area contributed by atoms with E-state index in [9.17, 15) is 19.2 Å². The summed E-state index contributed by atoms with van der Waals surface area (Å²) in [6.45, 7) is 2.23. The molecular weight excluding hydrogens is 428 g/mol. The molecule has 1 saturated heterocycles. The maximum Gasteiger partial charge on any atom is 0.411 e. The third-order valence-electron chi connectivity index (χ3n) is 5.59. The summed E-state index contributed by atoms with van der Waals surface area (Å²) in [6.07, 6.45) is 0.267. The highest BCUT2D eigenvalue weighted by molar-refractivity contribution is 5.91. The van der Waals surface area contributed by atoms with Gasteiger partial charge >= 0.3 is 6.09 Å². The van der Waals surface area contributed by atoms with Crippen molar-refractivity contribution in [3.63, 3.8) is 0 Å². The van der Waals surface area contributed by atoms with E-state index in [0.29, 0.717) is 42.9 Å². The normalized spacial score (nSPS) is 13.8. The minimum Gasteiger partial charge on any atom is -0.453 e. The van der Waals surface area contributed by atoms with Crippen molar-refractivity contribution in [3.8, 4) is 17.3 Å². The molecule has 0 radical (unpaired) electrons. The lowest BCUT2D eigenvalue weighted by Crippen LogP contribution is -2.44. The number of aromatic nitrogens is 2. The van der Waals surface area contributed by atoms with Gasteiger partial charge in [0.1, 0.15) is 12.4 Å². The van der Waals surface area contributed by atoms with Crippen molar-refractivity contribution in [1.29, 1.82) is 5.26 Å². The van der Waals surface area contributed by atoms with Gasteiger partial charge in [-0.3, -0.25) is 24.3 Å². The van der Waals surface area contributed by atoms with E-state index in [-0.39, 0.29) is 35.7 Å². The monoisotopic (exact) mass is 452 g/mol. The van der Waals surface area contributed by atoms with E-state index in [1.807, 2.05) is 6.07 Å². The molecule has 0 aliphatic carbocycles. The van der Waals surface area contributed by atoms with Crippen LogP contribution in [0.5, 0.6) is 0 Å². The Kier molecular flexibility index (Phi) is 7.07. The summed E-state index contributed by atoms with van der Waals surface area (Å²) in [5.41, 5.74) is 6.16. The second kappa shape index (κ2) is 9.95. The first-order chi connectivity index (χ1) is 15.7. The zero-order valence-electron chi connectivity index (χ0n) is 18.3. The summed E-state index contributed by atoms with van der Waals surface area (Å²) in [5, 5.41) is 11.7. The van der Waals surface area contributed by atoms with Crippen molar-refractivity contribution in [2.45, 2.75) is 26.3 Å². The molecule has 1 fully saturated rings. The molecule has 3 rings (SSSR count). The lowest BCUT2D eigenvalue weighted by Gasteiger charge is -2.30. The molecule has 2 heterocycles. The number of benzene rings is 1. The predicted octanol–water partition coefficient (Wildman–Crippen LogP) is 0.993. The molecule has 33 heavy (non-hydrogen) atoms. The number of ether oxygens (including phenoxy) is 1. The Morgan fingerprint density at radius 2 is 1.97 bits per heavy atom. The number of hydrogen-bond acceptors (Lipinski definition) is 7. The van der Waals surface area contributed by atoms with E-state index < -0.39 is 11.7 Å². The molecule has 1 aliphatic heterocycles. The largest absolute Gasteiger partial charge is 0.453 e. The van der Waals surface area contributed by atoms with Crippen LogP contribution in [0.3, 0.4) is 0 Å². The summed E-state index contributed by atoms with van der Waals surface area (Å²) in [6, 6.07) is 7.82. The van der Waals surface area contributed by atoms with Crippen molar-refractivity contribution in [3.05, 3.63) is 46.0 Å². The number of likely N-dealkylation sites (tertiary alicyclic amines) is 1. The Morgan fingerprint density at radius 1 is 1.27 bits per heavy atom. The van der Waals surface area contributed by atoms with Crippen molar-refractivity contribution in [1.82, 2.24) is 14.5 Å². The van der Waals surface area contributed by atoms with Gasteiger partial charge in [0.2, 0.25) is 11.8 Å². The highest BCUT2D eigenvalue weighted by Crippen LogP contribution is 2.27. The van der Waals surface area contributed by atoms with Gasteiger partial charge in [-0.25, -0.2) is 9.78 Å². The fraction of sp³-hybridized carbons (Fsp3) is 0.364. The van der Waals surface area contributed by atoms with E-state index in [1.165, 1.54) is 23.8 Å². The fourth-order valence-electron chi connectivity index (χ4n) is 3.70. The number of nitriles is 1. The lowest BCUT2D eigenvalue weighted by molar-refractivity contribution is -0.135. The number of primary amides is 1. The molecule has 11 heteroatoms. The fourth-order valence-corrected chi connectivity index (χ4v) is 3.70. The Morgan fingerprint density at radius 3 is 2.55 bits per heavy atom. The van der Waals surface area contributed by atoms with E-state index in [4.69, 9.17) is 11.0 Å². The van der Waals surface area contributed by atoms with Gasteiger partial charge in [0.25, 0.3) is 5.56 Å². The molecule has 0 bridgehead atoms. The highest BCUT2D eigenvalue weighted by atomic mass is 16.5. The van der Waals surface area contributed by atoms with Gasteiger partial charge < -0.3 is 15.4 Å². The van der Waals surface area contributed by atoms with E-state index in [0.717, 1.165) is 0 Å². The predicted molar refractivity (Wildman–Crippen MR) is 118 cm³/mol. The Bertz CT molecular complexity index is 1190. The number of anilines is 1. The Hall–Kier alpha value is -4.20. The highest BCUT2D eigenvalue weighted by Gasteiger charge is 2.26. The third-order valence-corrected chi connectivity index (χ3v) is 5.59. The number of methoxy groups -OCH3 is 1. The molecule has 0 unspecified atom stereocenters. The second-order valence-corrected chi connectivity index (χ2v) is 7.66. The van der Waals surface area contributed by atoms with E-state index >= 15 is 0 Å². The molecule has 3 N–H and O–H groups in total. The first-order valence-corrected chi connectivity index (χ1v) is 10.3. The van der Waals surface area contributed by atoms with E-state index in [2.05, 4.69) is 15.0 Å². The van der Waals surface area contributed by atoms with Crippen LogP contribution < -0.4 is 16.6 Å². The summed E-state index contributed by atoms with van der Waals surface area (Å²) in [4.78, 5) is 54.6. The number of piperidine rings is 1. The molecule has 3 amide bonds. The van der Waals surface area contributed by atoms with Gasteiger partial charge in [-0.15, -0.1) is 0 Å². The number of aryl methyl sites for hydroxylation is 1. The summed E-state index contributed by atoms with van der Waals surface area (Å²) in [7, 11) is 1.21. The van der Waals surface area contributed by atoms with Crippen LogP contribution >= 0.6 is 0 Å². The first-order valence-electron chi connectivity index (χ1n) is 10.3. The summed E-state index contributed by atoms with van der Waals surface area (Å²) in [5.74, 6) is -0.534. The summed E-state index contributed by atoms with van der Waals surface area (Å²) < 4.78 is 5.89. The third kappa shape index (κ3) is 5.35. The van der Waals surface area contributed by atoms with Gasteiger partial charge in [0.15, 0.2) is 0 Å². The second-order valence-electron chi connectivity index (χ2n) is 7.66. The SMILES string of the molecule is COC(=O)Nc1cc(C#N)ccc1-c1cc(=O)n(CC(=O)N2CCC(C(N)=O)CC2)c(C)n1. The van der Waals surface area contributed by atoms with Crippen LogP contribution in [0, 0.1) is 24.2 Å². The van der Waals surface area contributed by atoms with Crippen molar-refractivity contribution >= 4 is 23.6 Å². The summed E-state index contributed by atoms with van der Waals surface area (Å²) >= 11 is 0. The smallest absolute Gasteiger partial charge is 0.411 e. The maximum atomic E-state index is 12.8. The Labute approximate surface area is 189 Å². The number of hydrogen-bond donors (Lipinski definition) is 2. The molecule has 1 aromatic heterocycles. The molecule has 172 valence electrons. The van der Waals surface area contributed by atoms with Crippen LogP contribution in [0.1, 0.15) is 24.2 Å². The van der Waals surface area contributed by atoms with Gasteiger partial charge in [-0.05, 0) is 38.0 Å². The first kappa shape index (κ1) is 23.5. The van der Waals surface area contributed by atoms with E-state index in [1.54, 1.807) is 24.0 Å². The van der Waals surface area contributed by atoms with Crippen LogP contribution in [0.2, 0.25) is 0 Å². The van der Waals surface area contributed by atoms with Crippen LogP contribution in [0.4, 0.5) is 10.5 Å². The average Bonchev–Trinajstić information content (AvgIpc) is 2.80. The molecule has 0 atom stereocenters. The number of nitrogens with zero attached hydrogens (tertiary/aromatic N) is 4. The van der Waals surface area contributed by atoms with Crippen LogP contribution in [0.25, 0.3) is 11.3 Å². The number of nitrogens with two attached hydrogens (primary N) is 1. The van der Waals surface area contributed by atoms with Gasteiger partial charge in [0, 0.05) is 30.6 Å². The molecule has 2 aromatic rings. The van der Waals surface area contributed by atoms with Crippen LogP contribution in [-0.4, -0.2) is 52.6 Å². The van der Waals surface area contributed by atoms with Crippen molar-refractivity contribution in [2.24, 2.45) is 11.7 Å². The quantitative estimate of drug-likeness (QED) is 0.684. The van der Waals surface area contributed by atoms with Crippen LogP contribution in [-0.2, 0) is 20.9 Å². The van der Waals surface area contributed by atoms with Gasteiger partial charge in [0.05, 0.1) is 30.1 Å². The van der Waals surface area contributed by atoms with Crippen molar-refractivity contribution in [2.75, 3.05) is 25.5 Å². The number of carbonyl (C=O) groups excluding carboxylic acids is 3. The topological polar surface area (TPSA) is 160 Å². The Balaban J connectivity index is 1.85. The molecular formula is C22H24N6O5. The standard InChI is InChI=1S/C22H24N6O5/c1-13-25-18(16-4-3-14(11-23)9-17(16)26-22(32)33-2)10-19(29)28(13)12-20(30)27-7-5-15(6-8-27)21(24)31/h3-4,9-10,15H,5-8,12H2,1-2H3,(H2,24,31)(H,26,32). The minimum absolute atomic E-state index is 0.181. The molecule has 1 aliphatic rings. The van der Waals surface area contributed by atoms with Gasteiger partial charge in [-0.1, -0.05) is 0 Å². The molecule has 0 spiro atoms. The van der Waals surface area contributed by atoms with Crippen molar-refractivity contribution < 1.29 is 19.1 Å². The lowest BCUT2D eigenvalue weighted by atomic mass is 9.96. The number of nitrogens with one attached hydrogen (secondary N) is 1. The number of carbonyl (C=O) groups is 3. The molecule has 0 saturated carbocycles. The zero-order chi connectivity index (χ0) is 24.1. The zero-order valence-corrected chi connectivity index (χ0v) is 18.3. The van der Waals surface area contributed by atoms with Gasteiger partial charge in [-0.2, -0.15) is 5.26 Å².